The van der Waals surface area contributed by atoms with E-state index in [-0.39, 0.29) is 5.56 Å². The number of hydrogen-bond acceptors (Lipinski definition) is 3. The molecule has 1 aromatic rings. The fraction of sp³-hybridized carbons (Fsp3) is 0.286. The lowest BCUT2D eigenvalue weighted by molar-refractivity contribution is 0.147. The number of pyridine rings is 1. The first-order valence-corrected chi connectivity index (χ1v) is 5.14. The minimum atomic E-state index is -4.14. The zero-order valence-electron chi connectivity index (χ0n) is 7.24. The van der Waals surface area contributed by atoms with Crippen LogP contribution in [0.4, 0.5) is 8.78 Å². The zero-order chi connectivity index (χ0) is 10.9. The highest BCUT2D eigenvalue weighted by atomic mass is 32.2. The second-order valence-corrected chi connectivity index (χ2v) is 4.24. The highest BCUT2D eigenvalue weighted by Crippen LogP contribution is 2.27. The molecule has 0 aliphatic heterocycles. The summed E-state index contributed by atoms with van der Waals surface area (Å²) in [7, 11) is -4.14. The molecule has 2 N–H and O–H groups in total. The normalized spacial score (nSPS) is 12.1. The Hall–Kier alpha value is -1.08. The van der Waals surface area contributed by atoms with Gasteiger partial charge < -0.3 is 0 Å². The molecule has 0 bridgehead atoms. The Morgan fingerprint density at radius 2 is 2.00 bits per heavy atom. The van der Waals surface area contributed by atoms with Crippen LogP contribution in [0, 0.1) is 6.92 Å². The third kappa shape index (κ3) is 2.05. The first-order chi connectivity index (χ1) is 6.34. The van der Waals surface area contributed by atoms with E-state index in [0.29, 0.717) is 0 Å². The molecule has 1 aromatic heterocycles. The Morgan fingerprint density at radius 1 is 1.43 bits per heavy atom. The Bertz CT molecular complexity index is 445. The van der Waals surface area contributed by atoms with Gasteiger partial charge in [0.2, 0.25) is 10.0 Å². The number of nitrogens with zero attached hydrogens (tertiary/aromatic N) is 1. The smallest absolute Gasteiger partial charge is 0.263 e. The van der Waals surface area contributed by atoms with Crippen LogP contribution in [0.5, 0.6) is 0 Å². The number of sulfonamides is 1. The summed E-state index contributed by atoms with van der Waals surface area (Å²) in [5.41, 5.74) is -0.478. The molecule has 0 aliphatic rings. The number of rotatable bonds is 2. The maximum Gasteiger partial charge on any atom is 0.265 e. The quantitative estimate of drug-likeness (QED) is 0.810. The summed E-state index contributed by atoms with van der Waals surface area (Å²) < 4.78 is 46.8. The van der Waals surface area contributed by atoms with Gasteiger partial charge in [0.25, 0.3) is 6.43 Å². The average Bonchev–Trinajstić information content (AvgIpc) is 2.01. The fourth-order valence-corrected chi connectivity index (χ4v) is 1.82. The highest BCUT2D eigenvalue weighted by Gasteiger charge is 2.22. The number of hydrogen-bond donors (Lipinski definition) is 1. The van der Waals surface area contributed by atoms with E-state index in [4.69, 9.17) is 5.14 Å². The van der Waals surface area contributed by atoms with Crippen LogP contribution in [0.1, 0.15) is 17.6 Å². The lowest BCUT2D eigenvalue weighted by Gasteiger charge is -2.08. The van der Waals surface area contributed by atoms with Crippen LogP contribution in [0.2, 0.25) is 0 Å². The van der Waals surface area contributed by atoms with Crippen LogP contribution >= 0.6 is 0 Å². The predicted molar refractivity (Wildman–Crippen MR) is 45.3 cm³/mol. The van der Waals surface area contributed by atoms with E-state index in [1.165, 1.54) is 6.92 Å². The van der Waals surface area contributed by atoms with Gasteiger partial charge in [-0.15, -0.1) is 0 Å². The van der Waals surface area contributed by atoms with Crippen molar-refractivity contribution in [3.63, 3.8) is 0 Å². The van der Waals surface area contributed by atoms with Crippen LogP contribution in [0.3, 0.4) is 0 Å². The molecule has 0 saturated heterocycles. The van der Waals surface area contributed by atoms with Crippen molar-refractivity contribution in [3.8, 4) is 0 Å². The molecule has 0 unspecified atom stereocenters. The number of primary sulfonamides is 1. The SMILES string of the molecule is Cc1cncc(S(N)(=O)=O)c1C(F)F. The van der Waals surface area contributed by atoms with E-state index in [0.717, 1.165) is 12.4 Å². The molecule has 1 rings (SSSR count). The first-order valence-electron chi connectivity index (χ1n) is 3.59. The van der Waals surface area contributed by atoms with Gasteiger partial charge in [-0.2, -0.15) is 0 Å². The maximum atomic E-state index is 12.5. The van der Waals surface area contributed by atoms with Gasteiger partial charge in [0, 0.05) is 18.0 Å². The molecule has 0 aromatic carbocycles. The lowest BCUT2D eigenvalue weighted by Crippen LogP contribution is -2.16. The van der Waals surface area contributed by atoms with Crippen molar-refractivity contribution in [2.75, 3.05) is 0 Å². The number of nitrogens with two attached hydrogens (primary N) is 1. The Morgan fingerprint density at radius 3 is 2.36 bits per heavy atom. The minimum Gasteiger partial charge on any atom is -0.263 e. The zero-order valence-corrected chi connectivity index (χ0v) is 8.05. The van der Waals surface area contributed by atoms with Gasteiger partial charge in [-0.3, -0.25) is 4.98 Å². The molecule has 0 saturated carbocycles. The van der Waals surface area contributed by atoms with Crippen molar-refractivity contribution in [2.24, 2.45) is 5.14 Å². The molecule has 0 aliphatic carbocycles. The third-order valence-electron chi connectivity index (χ3n) is 1.68. The molecule has 0 amide bonds. The number of aromatic nitrogens is 1. The third-order valence-corrected chi connectivity index (χ3v) is 2.61. The molecule has 0 radical (unpaired) electrons. The minimum absolute atomic E-state index is 0.103. The second-order valence-electron chi connectivity index (χ2n) is 2.71. The van der Waals surface area contributed by atoms with Crippen LogP contribution in [-0.2, 0) is 10.0 Å². The topological polar surface area (TPSA) is 73.0 Å². The largest absolute Gasteiger partial charge is 0.265 e. The standard InChI is InChI=1S/C7H8F2N2O2S/c1-4-2-11-3-5(14(10,12)13)6(4)7(8)9/h2-3,7H,1H3,(H2,10,12,13). The molecule has 0 spiro atoms. The second kappa shape index (κ2) is 3.58. The van der Waals surface area contributed by atoms with Gasteiger partial charge in [-0.05, 0) is 12.5 Å². The molecule has 78 valence electrons. The van der Waals surface area contributed by atoms with Gasteiger partial charge in [-0.25, -0.2) is 22.3 Å². The van der Waals surface area contributed by atoms with Gasteiger partial charge in [0.05, 0.1) is 0 Å². The van der Waals surface area contributed by atoms with Crippen molar-refractivity contribution in [2.45, 2.75) is 18.2 Å². The Kier molecular flexibility index (Phi) is 2.81. The summed E-state index contributed by atoms with van der Waals surface area (Å²) in [6.07, 6.45) is -0.897. The van der Waals surface area contributed by atoms with E-state index in [2.05, 4.69) is 4.98 Å². The van der Waals surface area contributed by atoms with E-state index in [1.807, 2.05) is 0 Å². The molecule has 0 fully saturated rings. The molecular weight excluding hydrogens is 214 g/mol. The van der Waals surface area contributed by atoms with E-state index in [1.54, 1.807) is 0 Å². The summed E-state index contributed by atoms with van der Waals surface area (Å²) >= 11 is 0. The molecule has 4 nitrogen and oxygen atoms in total. The van der Waals surface area contributed by atoms with Crippen molar-refractivity contribution in [3.05, 3.63) is 23.5 Å². The van der Waals surface area contributed by atoms with Gasteiger partial charge in [0.1, 0.15) is 4.90 Å². The molecule has 14 heavy (non-hydrogen) atoms. The lowest BCUT2D eigenvalue weighted by atomic mass is 10.2. The van der Waals surface area contributed by atoms with Crippen LogP contribution in [0.25, 0.3) is 0 Å². The summed E-state index contributed by atoms with van der Waals surface area (Å²) in [5.74, 6) is 0. The number of alkyl halides is 2. The monoisotopic (exact) mass is 222 g/mol. The van der Waals surface area contributed by atoms with Gasteiger partial charge in [-0.1, -0.05) is 0 Å². The average molecular weight is 222 g/mol. The van der Waals surface area contributed by atoms with Crippen molar-refractivity contribution < 1.29 is 17.2 Å². The molecular formula is C7H8F2N2O2S. The predicted octanol–water partition coefficient (Wildman–Crippen LogP) is 0.975. The van der Waals surface area contributed by atoms with Gasteiger partial charge >= 0.3 is 0 Å². The van der Waals surface area contributed by atoms with Crippen LogP contribution in [-0.4, -0.2) is 13.4 Å². The molecule has 0 atom stereocenters. The van der Waals surface area contributed by atoms with Crippen LogP contribution < -0.4 is 5.14 Å². The van der Waals surface area contributed by atoms with Crippen molar-refractivity contribution >= 4 is 10.0 Å². The van der Waals surface area contributed by atoms with Gasteiger partial charge in [0.15, 0.2) is 0 Å². The maximum absolute atomic E-state index is 12.5. The molecule has 7 heteroatoms. The van der Waals surface area contributed by atoms with Crippen molar-refractivity contribution in [1.29, 1.82) is 0 Å². The summed E-state index contributed by atoms with van der Waals surface area (Å²) in [5, 5.41) is 4.76. The molecule has 1 heterocycles. The van der Waals surface area contributed by atoms with E-state index in [9.17, 15) is 17.2 Å². The van der Waals surface area contributed by atoms with E-state index < -0.39 is 26.9 Å². The summed E-state index contributed by atoms with van der Waals surface area (Å²) in [6.45, 7) is 1.35. The Balaban J connectivity index is 3.52. The summed E-state index contributed by atoms with van der Waals surface area (Å²) in [4.78, 5) is 2.88. The van der Waals surface area contributed by atoms with Crippen LogP contribution in [0.15, 0.2) is 17.3 Å². The Labute approximate surface area is 79.8 Å². The fourth-order valence-electron chi connectivity index (χ4n) is 1.06. The number of aryl methyl sites for hydroxylation is 1. The number of halogens is 2. The van der Waals surface area contributed by atoms with E-state index >= 15 is 0 Å². The first kappa shape index (κ1) is 11.0. The van der Waals surface area contributed by atoms with Crippen molar-refractivity contribution in [1.82, 2.24) is 4.98 Å². The highest BCUT2D eigenvalue weighted by molar-refractivity contribution is 7.89. The summed E-state index contributed by atoms with van der Waals surface area (Å²) in [6, 6.07) is 0.